The van der Waals surface area contributed by atoms with Gasteiger partial charge >= 0.3 is 0 Å². The van der Waals surface area contributed by atoms with Gasteiger partial charge in [0.05, 0.1) is 18.9 Å². The quantitative estimate of drug-likeness (QED) is 0.576. The minimum absolute atomic E-state index is 0.0139. The minimum atomic E-state index is -0.167. The molecule has 0 atom stereocenters. The normalized spacial score (nSPS) is 10.1. The molecule has 0 heterocycles. The number of hydrogen-bond acceptors (Lipinski definition) is 5. The number of amides is 1. The Balaban J connectivity index is 2.77. The Labute approximate surface area is 112 Å². The van der Waals surface area contributed by atoms with Crippen molar-refractivity contribution >= 4 is 11.6 Å². The van der Waals surface area contributed by atoms with Gasteiger partial charge < -0.3 is 25.2 Å². The van der Waals surface area contributed by atoms with Crippen molar-refractivity contribution in [3.8, 4) is 5.75 Å². The second-order valence-corrected chi connectivity index (χ2v) is 3.92. The summed E-state index contributed by atoms with van der Waals surface area (Å²) in [4.78, 5) is 12.6. The molecule has 6 nitrogen and oxygen atoms in total. The van der Waals surface area contributed by atoms with Gasteiger partial charge in [-0.05, 0) is 12.1 Å². The van der Waals surface area contributed by atoms with Gasteiger partial charge in [-0.3, -0.25) is 4.79 Å². The van der Waals surface area contributed by atoms with Crippen molar-refractivity contribution in [2.45, 2.75) is 6.92 Å². The van der Waals surface area contributed by atoms with Crippen LogP contribution in [0.1, 0.15) is 6.92 Å². The zero-order chi connectivity index (χ0) is 14.1. The number of carbonyl (C=O) groups excluding carboxylic acids is 1. The maximum atomic E-state index is 10.8. The first-order valence-corrected chi connectivity index (χ1v) is 6.12. The molecule has 0 aliphatic rings. The summed E-state index contributed by atoms with van der Waals surface area (Å²) in [6.07, 6.45) is 0. The number of hydrogen-bond donors (Lipinski definition) is 3. The first-order chi connectivity index (χ1) is 9.19. The van der Waals surface area contributed by atoms with Gasteiger partial charge in [-0.1, -0.05) is 12.1 Å². The molecule has 1 aromatic carbocycles. The molecule has 1 aromatic rings. The predicted octanol–water partition coefficient (Wildman–Crippen LogP) is -0.0500. The van der Waals surface area contributed by atoms with E-state index in [9.17, 15) is 4.79 Å². The fourth-order valence-corrected chi connectivity index (χ4v) is 1.65. The second kappa shape index (κ2) is 8.34. The average Bonchev–Trinajstić information content (AvgIpc) is 2.39. The molecule has 0 bridgehead atoms. The van der Waals surface area contributed by atoms with Gasteiger partial charge in [0.1, 0.15) is 5.75 Å². The Bertz CT molecular complexity index is 392. The molecule has 6 heteroatoms. The monoisotopic (exact) mass is 268 g/mol. The van der Waals surface area contributed by atoms with Crippen LogP contribution in [0.2, 0.25) is 0 Å². The molecule has 0 unspecified atom stereocenters. The van der Waals surface area contributed by atoms with Crippen molar-refractivity contribution in [3.05, 3.63) is 24.3 Å². The Morgan fingerprint density at radius 1 is 1.26 bits per heavy atom. The van der Waals surface area contributed by atoms with E-state index in [1.807, 2.05) is 23.1 Å². The molecule has 0 saturated carbocycles. The third kappa shape index (κ3) is 5.15. The Kier molecular flexibility index (Phi) is 6.70. The third-order valence-corrected chi connectivity index (χ3v) is 2.49. The zero-order valence-electron chi connectivity index (χ0n) is 11.0. The molecule has 106 valence electrons. The van der Waals surface area contributed by atoms with Crippen molar-refractivity contribution in [2.75, 3.05) is 37.9 Å². The van der Waals surface area contributed by atoms with E-state index in [1.165, 1.54) is 6.92 Å². The number of rotatable bonds is 8. The Morgan fingerprint density at radius 3 is 2.47 bits per heavy atom. The molecule has 1 rings (SSSR count). The molecule has 0 saturated heterocycles. The van der Waals surface area contributed by atoms with Gasteiger partial charge in [0, 0.05) is 20.0 Å². The Morgan fingerprint density at radius 2 is 1.89 bits per heavy atom. The first-order valence-electron chi connectivity index (χ1n) is 6.12. The predicted molar refractivity (Wildman–Crippen MR) is 72.1 cm³/mol. The van der Waals surface area contributed by atoms with E-state index >= 15 is 0 Å². The van der Waals surface area contributed by atoms with Crippen LogP contribution in [-0.4, -0.2) is 49.2 Å². The van der Waals surface area contributed by atoms with Gasteiger partial charge in [0.15, 0.2) is 6.73 Å². The highest BCUT2D eigenvalue weighted by Crippen LogP contribution is 2.27. The number of aliphatic hydroxyl groups excluding tert-OH is 2. The Hall–Kier alpha value is -1.79. The van der Waals surface area contributed by atoms with Gasteiger partial charge in [-0.15, -0.1) is 0 Å². The lowest BCUT2D eigenvalue weighted by molar-refractivity contribution is -0.119. The zero-order valence-corrected chi connectivity index (χ0v) is 11.0. The van der Waals surface area contributed by atoms with Gasteiger partial charge in [0.2, 0.25) is 5.91 Å². The van der Waals surface area contributed by atoms with Crippen LogP contribution < -0.4 is 15.0 Å². The van der Waals surface area contributed by atoms with Crippen LogP contribution in [0.25, 0.3) is 0 Å². The minimum Gasteiger partial charge on any atom is -0.471 e. The van der Waals surface area contributed by atoms with Crippen LogP contribution in [0, 0.1) is 0 Å². The molecule has 0 aromatic heterocycles. The SMILES string of the molecule is CC(=O)NCOc1ccccc1N(CCO)CCO. The molecular weight excluding hydrogens is 248 g/mol. The van der Waals surface area contributed by atoms with Gasteiger partial charge in [0.25, 0.3) is 0 Å². The average molecular weight is 268 g/mol. The highest BCUT2D eigenvalue weighted by Gasteiger charge is 2.11. The number of carbonyl (C=O) groups is 1. The summed E-state index contributed by atoms with van der Waals surface area (Å²) in [5.74, 6) is 0.429. The molecule has 1 amide bonds. The summed E-state index contributed by atoms with van der Waals surface area (Å²) in [5.41, 5.74) is 0.774. The van der Waals surface area contributed by atoms with Crippen LogP contribution in [0.3, 0.4) is 0 Å². The van der Waals surface area contributed by atoms with Gasteiger partial charge in [-0.25, -0.2) is 0 Å². The van der Waals surface area contributed by atoms with Crippen molar-refractivity contribution in [3.63, 3.8) is 0 Å². The lowest BCUT2D eigenvalue weighted by atomic mass is 10.2. The van der Waals surface area contributed by atoms with Crippen LogP contribution in [0.5, 0.6) is 5.75 Å². The lowest BCUT2D eigenvalue weighted by Gasteiger charge is -2.25. The van der Waals surface area contributed by atoms with Crippen LogP contribution in [0.4, 0.5) is 5.69 Å². The molecule has 0 fully saturated rings. The smallest absolute Gasteiger partial charge is 0.219 e. The molecule has 0 aliphatic carbocycles. The van der Waals surface area contributed by atoms with Crippen molar-refractivity contribution in [2.24, 2.45) is 0 Å². The van der Waals surface area contributed by atoms with E-state index in [0.717, 1.165) is 5.69 Å². The van der Waals surface area contributed by atoms with E-state index in [0.29, 0.717) is 18.8 Å². The number of nitrogens with zero attached hydrogens (tertiary/aromatic N) is 1. The van der Waals surface area contributed by atoms with E-state index in [2.05, 4.69) is 5.32 Å². The molecule has 3 N–H and O–H groups in total. The van der Waals surface area contributed by atoms with E-state index < -0.39 is 0 Å². The van der Waals surface area contributed by atoms with Gasteiger partial charge in [-0.2, -0.15) is 0 Å². The lowest BCUT2D eigenvalue weighted by Crippen LogP contribution is -2.31. The molecule has 19 heavy (non-hydrogen) atoms. The molecule has 0 radical (unpaired) electrons. The standard InChI is InChI=1S/C13H20N2O4/c1-11(18)14-10-19-13-5-3-2-4-12(13)15(6-8-16)7-9-17/h2-5,16-17H,6-10H2,1H3,(H,14,18). The third-order valence-electron chi connectivity index (χ3n) is 2.49. The number of ether oxygens (including phenoxy) is 1. The number of aliphatic hydroxyl groups is 2. The second-order valence-electron chi connectivity index (χ2n) is 3.92. The number of nitrogens with one attached hydrogen (secondary N) is 1. The summed E-state index contributed by atoms with van der Waals surface area (Å²) in [6.45, 7) is 2.28. The fourth-order valence-electron chi connectivity index (χ4n) is 1.65. The summed E-state index contributed by atoms with van der Waals surface area (Å²) in [7, 11) is 0. The summed E-state index contributed by atoms with van der Waals surface area (Å²) in [5, 5.41) is 20.6. The summed E-state index contributed by atoms with van der Waals surface area (Å²) < 4.78 is 5.48. The maximum absolute atomic E-state index is 10.8. The van der Waals surface area contributed by atoms with E-state index in [1.54, 1.807) is 6.07 Å². The van der Waals surface area contributed by atoms with Crippen molar-refractivity contribution in [1.82, 2.24) is 5.32 Å². The van der Waals surface area contributed by atoms with Crippen LogP contribution in [-0.2, 0) is 4.79 Å². The number of benzene rings is 1. The van der Waals surface area contributed by atoms with Crippen molar-refractivity contribution < 1.29 is 19.7 Å². The molecular formula is C13H20N2O4. The molecule has 0 spiro atoms. The fraction of sp³-hybridized carbons (Fsp3) is 0.462. The van der Waals surface area contributed by atoms with Crippen molar-refractivity contribution in [1.29, 1.82) is 0 Å². The highest BCUT2D eigenvalue weighted by atomic mass is 16.5. The summed E-state index contributed by atoms with van der Waals surface area (Å²) >= 11 is 0. The summed E-state index contributed by atoms with van der Waals surface area (Å²) in [6, 6.07) is 7.29. The van der Waals surface area contributed by atoms with Crippen LogP contribution >= 0.6 is 0 Å². The topological polar surface area (TPSA) is 82.0 Å². The molecule has 0 aliphatic heterocycles. The van der Waals surface area contributed by atoms with E-state index in [4.69, 9.17) is 14.9 Å². The van der Waals surface area contributed by atoms with E-state index in [-0.39, 0.29) is 25.9 Å². The number of para-hydroxylation sites is 2. The highest BCUT2D eigenvalue weighted by molar-refractivity contribution is 5.72. The first kappa shape index (κ1) is 15.3. The largest absolute Gasteiger partial charge is 0.471 e. The van der Waals surface area contributed by atoms with Crippen LogP contribution in [0.15, 0.2) is 24.3 Å². The maximum Gasteiger partial charge on any atom is 0.219 e. The number of anilines is 1.